The third-order valence-corrected chi connectivity index (χ3v) is 5.06. The number of halogens is 2. The van der Waals surface area contributed by atoms with Gasteiger partial charge >= 0.3 is 5.97 Å². The SMILES string of the molecule is CCOC(=O)c1cnn(-c2nc(OC)c3c(cnn3C(C)c3cc(Cl)cc(Cl)c3)n2)c1. The van der Waals surface area contributed by atoms with Gasteiger partial charge in [-0.3, -0.25) is 4.68 Å². The molecule has 0 aliphatic heterocycles. The number of rotatable bonds is 6. The van der Waals surface area contributed by atoms with Crippen LogP contribution in [0.2, 0.25) is 10.0 Å². The number of fused-ring (bicyclic) bond motifs is 1. The first-order valence-electron chi connectivity index (χ1n) is 9.38. The second-order valence-electron chi connectivity index (χ2n) is 6.63. The van der Waals surface area contributed by atoms with Crippen LogP contribution in [0.5, 0.6) is 5.88 Å². The number of ether oxygens (including phenoxy) is 2. The second kappa shape index (κ2) is 8.52. The molecule has 0 aliphatic rings. The molecule has 0 saturated heterocycles. The molecular formula is C20H18Cl2N6O3. The number of hydrogen-bond acceptors (Lipinski definition) is 7. The predicted molar refractivity (Wildman–Crippen MR) is 115 cm³/mol. The van der Waals surface area contributed by atoms with Crippen molar-refractivity contribution in [1.82, 2.24) is 29.5 Å². The van der Waals surface area contributed by atoms with Gasteiger partial charge in [0.1, 0.15) is 11.0 Å². The van der Waals surface area contributed by atoms with E-state index in [1.54, 1.807) is 23.9 Å². The molecule has 9 nitrogen and oxygen atoms in total. The van der Waals surface area contributed by atoms with Crippen LogP contribution in [0.1, 0.15) is 35.8 Å². The molecule has 0 fully saturated rings. The fourth-order valence-electron chi connectivity index (χ4n) is 3.17. The summed E-state index contributed by atoms with van der Waals surface area (Å²) in [5.74, 6) is 0.0761. The van der Waals surface area contributed by atoms with Crippen LogP contribution in [0, 0.1) is 0 Å². The highest BCUT2D eigenvalue weighted by Crippen LogP contribution is 2.31. The summed E-state index contributed by atoms with van der Waals surface area (Å²) in [7, 11) is 1.51. The number of carbonyl (C=O) groups is 1. The van der Waals surface area contributed by atoms with Gasteiger partial charge in [0, 0.05) is 16.2 Å². The Labute approximate surface area is 187 Å². The largest absolute Gasteiger partial charge is 0.479 e. The van der Waals surface area contributed by atoms with Crippen LogP contribution >= 0.6 is 23.2 Å². The Kier molecular flexibility index (Phi) is 5.79. The van der Waals surface area contributed by atoms with Gasteiger partial charge in [0.05, 0.1) is 37.7 Å². The minimum atomic E-state index is -0.469. The van der Waals surface area contributed by atoms with E-state index in [4.69, 9.17) is 32.7 Å². The minimum absolute atomic E-state index is 0.211. The lowest BCUT2D eigenvalue weighted by Crippen LogP contribution is -2.11. The lowest BCUT2D eigenvalue weighted by atomic mass is 10.1. The number of nitrogens with zero attached hydrogens (tertiary/aromatic N) is 6. The second-order valence-corrected chi connectivity index (χ2v) is 7.50. The number of aromatic nitrogens is 6. The van der Waals surface area contributed by atoms with Gasteiger partial charge in [-0.25, -0.2) is 14.5 Å². The Bertz CT molecular complexity index is 1250. The number of esters is 1. The maximum absolute atomic E-state index is 11.9. The Balaban J connectivity index is 1.76. The van der Waals surface area contributed by atoms with E-state index in [0.717, 1.165) is 5.56 Å². The number of hydrogen-bond donors (Lipinski definition) is 0. The molecule has 0 radical (unpaired) electrons. The average Bonchev–Trinajstić information content (AvgIpc) is 3.39. The molecule has 1 aromatic carbocycles. The zero-order valence-electron chi connectivity index (χ0n) is 16.9. The molecule has 31 heavy (non-hydrogen) atoms. The van der Waals surface area contributed by atoms with Crippen molar-refractivity contribution in [3.8, 4) is 11.8 Å². The molecule has 4 aromatic rings. The van der Waals surface area contributed by atoms with E-state index in [0.29, 0.717) is 32.5 Å². The van der Waals surface area contributed by atoms with Crippen LogP contribution < -0.4 is 4.74 Å². The standard InChI is InChI=1S/C20H18Cl2N6O3/c1-4-31-19(29)13-8-23-27(10-13)20-25-16-9-24-28(17(16)18(26-20)30-3)11(2)12-5-14(21)7-15(22)6-12/h5-11H,4H2,1-3H3. The Hall–Kier alpha value is -3.17. The van der Waals surface area contributed by atoms with Gasteiger partial charge in [0.15, 0.2) is 0 Å². The van der Waals surface area contributed by atoms with Crippen molar-refractivity contribution in [3.63, 3.8) is 0 Å². The van der Waals surface area contributed by atoms with Crippen LogP contribution in [-0.4, -0.2) is 49.2 Å². The van der Waals surface area contributed by atoms with Crippen molar-refractivity contribution in [2.75, 3.05) is 13.7 Å². The van der Waals surface area contributed by atoms with E-state index in [1.165, 1.54) is 24.2 Å². The summed E-state index contributed by atoms with van der Waals surface area (Å²) in [6, 6.07) is 5.12. The first-order chi connectivity index (χ1) is 14.9. The average molecular weight is 461 g/mol. The van der Waals surface area contributed by atoms with Crippen LogP contribution in [-0.2, 0) is 4.74 Å². The fourth-order valence-corrected chi connectivity index (χ4v) is 3.71. The highest BCUT2D eigenvalue weighted by molar-refractivity contribution is 6.34. The molecule has 1 unspecified atom stereocenters. The van der Waals surface area contributed by atoms with Crippen molar-refractivity contribution in [1.29, 1.82) is 0 Å². The first kappa shape index (κ1) is 21.1. The zero-order chi connectivity index (χ0) is 22.1. The summed E-state index contributed by atoms with van der Waals surface area (Å²) in [6.07, 6.45) is 4.51. The Morgan fingerprint density at radius 2 is 1.87 bits per heavy atom. The van der Waals surface area contributed by atoms with Gasteiger partial charge in [-0.05, 0) is 37.6 Å². The molecule has 4 rings (SSSR count). The third kappa shape index (κ3) is 4.06. The molecule has 0 N–H and O–H groups in total. The highest BCUT2D eigenvalue weighted by atomic mass is 35.5. The van der Waals surface area contributed by atoms with E-state index in [9.17, 15) is 4.79 Å². The van der Waals surface area contributed by atoms with Gasteiger partial charge in [0.25, 0.3) is 5.95 Å². The summed E-state index contributed by atoms with van der Waals surface area (Å²) in [5.41, 5.74) is 2.33. The van der Waals surface area contributed by atoms with E-state index < -0.39 is 5.97 Å². The fraction of sp³-hybridized carbons (Fsp3) is 0.250. The number of carbonyl (C=O) groups excluding carboxylic acids is 1. The molecule has 3 heterocycles. The molecule has 160 valence electrons. The zero-order valence-corrected chi connectivity index (χ0v) is 18.4. The van der Waals surface area contributed by atoms with Crippen LogP contribution in [0.15, 0.2) is 36.8 Å². The number of methoxy groups -OCH3 is 1. The van der Waals surface area contributed by atoms with Crippen molar-refractivity contribution in [3.05, 3.63) is 58.0 Å². The molecule has 0 aliphatic carbocycles. The first-order valence-corrected chi connectivity index (χ1v) is 10.1. The number of benzene rings is 1. The monoisotopic (exact) mass is 460 g/mol. The van der Waals surface area contributed by atoms with Gasteiger partial charge in [-0.1, -0.05) is 23.2 Å². The molecular weight excluding hydrogens is 443 g/mol. The van der Waals surface area contributed by atoms with Crippen LogP contribution in [0.25, 0.3) is 17.0 Å². The van der Waals surface area contributed by atoms with Crippen molar-refractivity contribution in [2.24, 2.45) is 0 Å². The Morgan fingerprint density at radius 3 is 2.55 bits per heavy atom. The molecule has 0 amide bonds. The van der Waals surface area contributed by atoms with Crippen molar-refractivity contribution < 1.29 is 14.3 Å². The van der Waals surface area contributed by atoms with E-state index in [2.05, 4.69) is 20.2 Å². The summed E-state index contributed by atoms with van der Waals surface area (Å²) >= 11 is 12.3. The topological polar surface area (TPSA) is 97.0 Å². The van der Waals surface area contributed by atoms with Crippen LogP contribution in [0.3, 0.4) is 0 Å². The summed E-state index contributed by atoms with van der Waals surface area (Å²) in [6.45, 7) is 3.97. The predicted octanol–water partition coefficient (Wildman–Crippen LogP) is 4.11. The summed E-state index contributed by atoms with van der Waals surface area (Å²) in [4.78, 5) is 20.9. The minimum Gasteiger partial charge on any atom is -0.479 e. The normalized spacial score (nSPS) is 12.2. The third-order valence-electron chi connectivity index (χ3n) is 4.63. The Morgan fingerprint density at radius 1 is 1.13 bits per heavy atom. The smallest absolute Gasteiger partial charge is 0.341 e. The molecule has 0 bridgehead atoms. The molecule has 3 aromatic heterocycles. The lowest BCUT2D eigenvalue weighted by molar-refractivity contribution is 0.0526. The van der Waals surface area contributed by atoms with Gasteiger partial charge in [-0.2, -0.15) is 15.2 Å². The van der Waals surface area contributed by atoms with Gasteiger partial charge < -0.3 is 9.47 Å². The van der Waals surface area contributed by atoms with E-state index >= 15 is 0 Å². The molecule has 0 spiro atoms. The summed E-state index contributed by atoms with van der Waals surface area (Å²) in [5, 5.41) is 9.71. The van der Waals surface area contributed by atoms with Gasteiger partial charge in [0.2, 0.25) is 5.88 Å². The molecule has 0 saturated carbocycles. The molecule has 11 heteroatoms. The quantitative estimate of drug-likeness (QED) is 0.399. The van der Waals surface area contributed by atoms with Crippen molar-refractivity contribution in [2.45, 2.75) is 19.9 Å². The summed E-state index contributed by atoms with van der Waals surface area (Å²) < 4.78 is 13.6. The van der Waals surface area contributed by atoms with E-state index in [-0.39, 0.29) is 18.6 Å². The van der Waals surface area contributed by atoms with Gasteiger partial charge in [-0.15, -0.1) is 0 Å². The highest BCUT2D eigenvalue weighted by Gasteiger charge is 2.21. The van der Waals surface area contributed by atoms with Crippen LogP contribution in [0.4, 0.5) is 0 Å². The molecule has 1 atom stereocenters. The van der Waals surface area contributed by atoms with Crippen molar-refractivity contribution >= 4 is 40.2 Å². The lowest BCUT2D eigenvalue weighted by Gasteiger charge is -2.16. The van der Waals surface area contributed by atoms with E-state index in [1.807, 2.05) is 19.1 Å². The maximum atomic E-state index is 11.9. The maximum Gasteiger partial charge on any atom is 0.341 e.